The Morgan fingerprint density at radius 2 is 2.10 bits per heavy atom. The van der Waals surface area contributed by atoms with Crippen molar-refractivity contribution in [3.8, 4) is 17.0 Å². The van der Waals surface area contributed by atoms with Crippen LogP contribution in [-0.4, -0.2) is 30.1 Å². The van der Waals surface area contributed by atoms with Crippen molar-refractivity contribution in [2.75, 3.05) is 20.3 Å². The summed E-state index contributed by atoms with van der Waals surface area (Å²) in [4.78, 5) is 0.904. The summed E-state index contributed by atoms with van der Waals surface area (Å²) in [6, 6.07) is 8.29. The average molecular weight is 290 g/mol. The molecular weight excluding hydrogens is 272 g/mol. The number of thiol groups is 1. The molecule has 20 heavy (non-hydrogen) atoms. The molecule has 1 saturated heterocycles. The second-order valence-electron chi connectivity index (χ2n) is 4.91. The number of ether oxygens (including phenoxy) is 2. The molecule has 0 spiro atoms. The second kappa shape index (κ2) is 5.89. The van der Waals surface area contributed by atoms with E-state index >= 15 is 0 Å². The molecule has 5 heteroatoms. The van der Waals surface area contributed by atoms with Gasteiger partial charge in [0.1, 0.15) is 5.75 Å². The lowest BCUT2D eigenvalue weighted by Gasteiger charge is -2.22. The zero-order valence-corrected chi connectivity index (χ0v) is 12.3. The molecule has 2 heterocycles. The monoisotopic (exact) mass is 290 g/mol. The van der Waals surface area contributed by atoms with E-state index < -0.39 is 0 Å². The van der Waals surface area contributed by atoms with E-state index in [0.717, 1.165) is 48.0 Å². The maximum atomic E-state index is 5.41. The van der Waals surface area contributed by atoms with Crippen molar-refractivity contribution in [1.29, 1.82) is 0 Å². The minimum Gasteiger partial charge on any atom is -0.496 e. The number of hydrogen-bond acceptors (Lipinski definition) is 4. The molecule has 0 radical (unpaired) electrons. The van der Waals surface area contributed by atoms with E-state index in [1.807, 2.05) is 35.1 Å². The number of methoxy groups -OCH3 is 1. The molecule has 1 fully saturated rings. The van der Waals surface area contributed by atoms with Gasteiger partial charge in [0.2, 0.25) is 0 Å². The third-order valence-electron chi connectivity index (χ3n) is 3.63. The zero-order chi connectivity index (χ0) is 13.9. The summed E-state index contributed by atoms with van der Waals surface area (Å²) in [6.07, 6.45) is 4.08. The zero-order valence-electron chi connectivity index (χ0n) is 11.5. The Balaban J connectivity index is 1.91. The van der Waals surface area contributed by atoms with Crippen molar-refractivity contribution in [2.45, 2.75) is 23.8 Å². The lowest BCUT2D eigenvalue weighted by molar-refractivity contribution is 0.0663. The first-order valence-electron chi connectivity index (χ1n) is 6.78. The minimum absolute atomic E-state index is 0.433. The first-order chi connectivity index (χ1) is 9.78. The molecule has 0 atom stereocenters. The van der Waals surface area contributed by atoms with Crippen LogP contribution in [0.25, 0.3) is 11.3 Å². The van der Waals surface area contributed by atoms with E-state index in [-0.39, 0.29) is 0 Å². The number of aromatic nitrogens is 2. The summed E-state index contributed by atoms with van der Waals surface area (Å²) in [5, 5.41) is 4.70. The van der Waals surface area contributed by atoms with Gasteiger partial charge in [0.05, 0.1) is 18.8 Å². The highest BCUT2D eigenvalue weighted by Gasteiger charge is 2.17. The topological polar surface area (TPSA) is 36.3 Å². The number of nitrogens with zero attached hydrogens (tertiary/aromatic N) is 2. The van der Waals surface area contributed by atoms with Crippen LogP contribution in [0.3, 0.4) is 0 Å². The van der Waals surface area contributed by atoms with Crippen LogP contribution >= 0.6 is 12.6 Å². The van der Waals surface area contributed by atoms with Gasteiger partial charge in [-0.3, -0.25) is 4.68 Å². The van der Waals surface area contributed by atoms with E-state index in [4.69, 9.17) is 14.6 Å². The fourth-order valence-electron chi connectivity index (χ4n) is 2.53. The predicted molar refractivity (Wildman–Crippen MR) is 80.6 cm³/mol. The number of hydrogen-bond donors (Lipinski definition) is 1. The van der Waals surface area contributed by atoms with Gasteiger partial charge in [-0.15, -0.1) is 12.6 Å². The Hall–Kier alpha value is -1.46. The Bertz CT molecular complexity index is 591. The number of benzene rings is 1. The molecule has 0 N–H and O–H groups in total. The molecule has 1 aliphatic rings. The lowest BCUT2D eigenvalue weighted by Crippen LogP contribution is -2.19. The Labute approximate surface area is 124 Å². The third kappa shape index (κ3) is 2.69. The van der Waals surface area contributed by atoms with Gasteiger partial charge >= 0.3 is 0 Å². The molecule has 2 aromatic rings. The SMILES string of the molecule is COc1ccc(S)cc1-c1ccn(C2CCOCC2)n1. The van der Waals surface area contributed by atoms with Crippen LogP contribution in [0.2, 0.25) is 0 Å². The fourth-order valence-corrected chi connectivity index (χ4v) is 2.73. The summed E-state index contributed by atoms with van der Waals surface area (Å²) in [6.45, 7) is 1.63. The van der Waals surface area contributed by atoms with Gasteiger partial charge in [-0.2, -0.15) is 5.10 Å². The highest BCUT2D eigenvalue weighted by molar-refractivity contribution is 7.80. The minimum atomic E-state index is 0.433. The van der Waals surface area contributed by atoms with Gasteiger partial charge in [-0.05, 0) is 37.1 Å². The molecule has 0 saturated carbocycles. The van der Waals surface area contributed by atoms with Crippen molar-refractivity contribution < 1.29 is 9.47 Å². The highest BCUT2D eigenvalue weighted by atomic mass is 32.1. The van der Waals surface area contributed by atoms with Gasteiger partial charge in [-0.25, -0.2) is 0 Å². The van der Waals surface area contributed by atoms with Crippen LogP contribution in [0, 0.1) is 0 Å². The number of rotatable bonds is 3. The standard InChI is InChI=1S/C15H18N2O2S/c1-18-15-3-2-12(20)10-13(15)14-4-7-17(16-14)11-5-8-19-9-6-11/h2-4,7,10-11,20H,5-6,8-9H2,1H3. The van der Waals surface area contributed by atoms with Crippen molar-refractivity contribution in [3.05, 3.63) is 30.5 Å². The summed E-state index contributed by atoms with van der Waals surface area (Å²) < 4.78 is 12.8. The van der Waals surface area contributed by atoms with Crippen LogP contribution in [0.1, 0.15) is 18.9 Å². The van der Waals surface area contributed by atoms with Gasteiger partial charge in [-0.1, -0.05) is 0 Å². The Morgan fingerprint density at radius 1 is 1.30 bits per heavy atom. The van der Waals surface area contributed by atoms with Crippen LogP contribution in [-0.2, 0) is 4.74 Å². The Morgan fingerprint density at radius 3 is 2.85 bits per heavy atom. The van der Waals surface area contributed by atoms with Crippen molar-refractivity contribution in [3.63, 3.8) is 0 Å². The molecule has 0 bridgehead atoms. The molecule has 1 aliphatic heterocycles. The molecular formula is C15H18N2O2S. The van der Waals surface area contributed by atoms with Gasteiger partial charge in [0.15, 0.2) is 0 Å². The maximum Gasteiger partial charge on any atom is 0.128 e. The Kier molecular flexibility index (Phi) is 3.98. The van der Waals surface area contributed by atoms with Crippen molar-refractivity contribution >= 4 is 12.6 Å². The molecule has 1 aromatic heterocycles. The van der Waals surface area contributed by atoms with Crippen LogP contribution in [0.5, 0.6) is 5.75 Å². The molecule has 3 rings (SSSR count). The van der Waals surface area contributed by atoms with E-state index in [9.17, 15) is 0 Å². The smallest absolute Gasteiger partial charge is 0.128 e. The molecule has 1 aromatic carbocycles. The molecule has 106 valence electrons. The molecule has 0 amide bonds. The van der Waals surface area contributed by atoms with E-state index in [0.29, 0.717) is 6.04 Å². The van der Waals surface area contributed by atoms with Crippen molar-refractivity contribution in [2.24, 2.45) is 0 Å². The van der Waals surface area contributed by atoms with Gasteiger partial charge < -0.3 is 9.47 Å². The second-order valence-corrected chi connectivity index (χ2v) is 5.43. The van der Waals surface area contributed by atoms with E-state index in [1.54, 1.807) is 7.11 Å². The van der Waals surface area contributed by atoms with Crippen LogP contribution in [0.4, 0.5) is 0 Å². The van der Waals surface area contributed by atoms with E-state index in [1.165, 1.54) is 0 Å². The average Bonchev–Trinajstić information content (AvgIpc) is 2.98. The molecule has 0 aliphatic carbocycles. The third-order valence-corrected chi connectivity index (χ3v) is 3.91. The predicted octanol–water partition coefficient (Wildman–Crippen LogP) is 3.20. The summed E-state index contributed by atoms with van der Waals surface area (Å²) >= 11 is 4.39. The normalized spacial score (nSPS) is 16.3. The largest absolute Gasteiger partial charge is 0.496 e. The first kappa shape index (κ1) is 13.5. The first-order valence-corrected chi connectivity index (χ1v) is 7.23. The fraction of sp³-hybridized carbons (Fsp3) is 0.400. The van der Waals surface area contributed by atoms with Gasteiger partial charge in [0.25, 0.3) is 0 Å². The lowest BCUT2D eigenvalue weighted by atomic mass is 10.1. The van der Waals surface area contributed by atoms with Crippen LogP contribution < -0.4 is 4.74 Å². The highest BCUT2D eigenvalue weighted by Crippen LogP contribution is 2.31. The molecule has 4 nitrogen and oxygen atoms in total. The summed E-state index contributed by atoms with van der Waals surface area (Å²) in [5.41, 5.74) is 1.90. The van der Waals surface area contributed by atoms with E-state index in [2.05, 4.69) is 12.6 Å². The summed E-state index contributed by atoms with van der Waals surface area (Å²) in [7, 11) is 1.67. The quantitative estimate of drug-likeness (QED) is 0.882. The molecule has 0 unspecified atom stereocenters. The maximum absolute atomic E-state index is 5.41. The summed E-state index contributed by atoms with van der Waals surface area (Å²) in [5.74, 6) is 0.819. The van der Waals surface area contributed by atoms with Crippen molar-refractivity contribution in [1.82, 2.24) is 9.78 Å². The van der Waals surface area contributed by atoms with Gasteiger partial charge in [0, 0.05) is 29.9 Å². The van der Waals surface area contributed by atoms with Crippen LogP contribution in [0.15, 0.2) is 35.4 Å².